The Labute approximate surface area is 240 Å². The summed E-state index contributed by atoms with van der Waals surface area (Å²) in [7, 11) is 0. The molecule has 1 N–H and O–H groups in total. The molecule has 2 unspecified atom stereocenters. The zero-order valence-corrected chi connectivity index (χ0v) is 26.5. The Morgan fingerprint density at radius 2 is 0.842 bits per heavy atom. The normalized spacial score (nSPS) is 13.3. The number of carboxylic acids is 1. The largest absolute Gasteiger partial charge is 0.481 e. The first-order valence-electron chi connectivity index (χ1n) is 17.5. The van der Waals surface area contributed by atoms with E-state index in [2.05, 4.69) is 32.9 Å². The zero-order valence-electron chi connectivity index (χ0n) is 26.5. The number of hydrogen-bond donors (Lipinski definition) is 1. The molecule has 2 atom stereocenters. The Morgan fingerprint density at radius 3 is 1.24 bits per heavy atom. The van der Waals surface area contributed by atoms with Gasteiger partial charge in [0.2, 0.25) is 0 Å². The van der Waals surface area contributed by atoms with Gasteiger partial charge < -0.3 is 5.11 Å². The van der Waals surface area contributed by atoms with Gasteiger partial charge in [0, 0.05) is 0 Å². The van der Waals surface area contributed by atoms with Crippen LogP contribution >= 0.6 is 0 Å². The molecule has 0 fully saturated rings. The molecule has 0 rings (SSSR count). The standard InChI is InChI=1S/C36H70O2/c1-4-7-10-13-15-16-17-18-19-20-21-23-26-29-32-35(36(37)38)33-34(30-27-24-12-9-6-3)31-28-25-22-14-11-8-5-2/h18-19,34-35H,4-17,20-33H2,1-3H3,(H,37,38)/b19-18-. The van der Waals surface area contributed by atoms with E-state index in [4.69, 9.17) is 0 Å². The number of carbonyl (C=O) groups is 1. The lowest BCUT2D eigenvalue weighted by Gasteiger charge is -2.21. The molecule has 2 heteroatoms. The number of unbranched alkanes of at least 4 members (excludes halogenated alkanes) is 20. The van der Waals surface area contributed by atoms with E-state index in [1.54, 1.807) is 0 Å². The van der Waals surface area contributed by atoms with Gasteiger partial charge >= 0.3 is 5.97 Å². The highest BCUT2D eigenvalue weighted by Gasteiger charge is 2.22. The fourth-order valence-electron chi connectivity index (χ4n) is 5.84. The third kappa shape index (κ3) is 26.8. The summed E-state index contributed by atoms with van der Waals surface area (Å²) in [6.45, 7) is 6.83. The maximum absolute atomic E-state index is 12.1. The van der Waals surface area contributed by atoms with Gasteiger partial charge in [0.05, 0.1) is 5.92 Å². The van der Waals surface area contributed by atoms with Crippen LogP contribution in [0.4, 0.5) is 0 Å². The summed E-state index contributed by atoms with van der Waals surface area (Å²) in [5.74, 6) is -0.0549. The van der Waals surface area contributed by atoms with Gasteiger partial charge in [-0.05, 0) is 44.4 Å². The maximum atomic E-state index is 12.1. The first-order chi connectivity index (χ1) is 18.7. The minimum atomic E-state index is -0.543. The van der Waals surface area contributed by atoms with Crippen LogP contribution in [-0.2, 0) is 4.79 Å². The molecule has 38 heavy (non-hydrogen) atoms. The molecule has 0 saturated carbocycles. The summed E-state index contributed by atoms with van der Waals surface area (Å²) in [4.78, 5) is 12.1. The summed E-state index contributed by atoms with van der Waals surface area (Å²) in [6, 6.07) is 0. The molecule has 0 heterocycles. The van der Waals surface area contributed by atoms with Crippen molar-refractivity contribution in [1.29, 1.82) is 0 Å². The van der Waals surface area contributed by atoms with Crippen LogP contribution in [-0.4, -0.2) is 11.1 Å². The fourth-order valence-corrected chi connectivity index (χ4v) is 5.84. The third-order valence-electron chi connectivity index (χ3n) is 8.46. The minimum absolute atomic E-state index is 0.127. The summed E-state index contributed by atoms with van der Waals surface area (Å²) in [6.07, 6.45) is 40.5. The van der Waals surface area contributed by atoms with Crippen LogP contribution in [0.25, 0.3) is 0 Å². The van der Waals surface area contributed by atoms with E-state index in [0.717, 1.165) is 19.3 Å². The van der Waals surface area contributed by atoms with Gasteiger partial charge in [-0.2, -0.15) is 0 Å². The molecule has 0 bridgehead atoms. The highest BCUT2D eigenvalue weighted by molar-refractivity contribution is 5.69. The van der Waals surface area contributed by atoms with Gasteiger partial charge in [0.1, 0.15) is 0 Å². The van der Waals surface area contributed by atoms with Crippen LogP contribution in [0.15, 0.2) is 12.2 Å². The molecular formula is C36H70O2. The van der Waals surface area contributed by atoms with Crippen LogP contribution in [0.1, 0.15) is 201 Å². The summed E-state index contributed by atoms with van der Waals surface area (Å²) in [5.41, 5.74) is 0. The molecule has 2 nitrogen and oxygen atoms in total. The van der Waals surface area contributed by atoms with E-state index in [1.165, 1.54) is 161 Å². The monoisotopic (exact) mass is 535 g/mol. The zero-order chi connectivity index (χ0) is 27.9. The minimum Gasteiger partial charge on any atom is -0.481 e. The Balaban J connectivity index is 4.16. The van der Waals surface area contributed by atoms with Crippen molar-refractivity contribution in [3.8, 4) is 0 Å². The second-order valence-electron chi connectivity index (χ2n) is 12.3. The van der Waals surface area contributed by atoms with Crippen molar-refractivity contribution >= 4 is 5.97 Å². The molecule has 0 aliphatic carbocycles. The second kappa shape index (κ2) is 30.7. The maximum Gasteiger partial charge on any atom is 0.306 e. The van der Waals surface area contributed by atoms with Crippen molar-refractivity contribution < 1.29 is 9.90 Å². The van der Waals surface area contributed by atoms with E-state index in [9.17, 15) is 9.90 Å². The molecule has 0 saturated heterocycles. The molecule has 0 aliphatic rings. The van der Waals surface area contributed by atoms with Gasteiger partial charge in [-0.1, -0.05) is 174 Å². The highest BCUT2D eigenvalue weighted by Crippen LogP contribution is 2.28. The summed E-state index contributed by atoms with van der Waals surface area (Å²) in [5, 5.41) is 9.95. The lowest BCUT2D eigenvalue weighted by atomic mass is 9.84. The SMILES string of the molecule is CCCCCCCC/C=C\CCCCCCC(CC(CCCCCCC)CCCCCCCCC)C(=O)O. The van der Waals surface area contributed by atoms with Crippen LogP contribution < -0.4 is 0 Å². The van der Waals surface area contributed by atoms with Crippen molar-refractivity contribution in [2.24, 2.45) is 11.8 Å². The van der Waals surface area contributed by atoms with Crippen molar-refractivity contribution in [3.63, 3.8) is 0 Å². The Kier molecular flexibility index (Phi) is 30.1. The van der Waals surface area contributed by atoms with Crippen molar-refractivity contribution in [1.82, 2.24) is 0 Å². The summed E-state index contributed by atoms with van der Waals surface area (Å²) < 4.78 is 0. The topological polar surface area (TPSA) is 37.3 Å². The summed E-state index contributed by atoms with van der Waals surface area (Å²) >= 11 is 0. The molecule has 0 aromatic rings. The average molecular weight is 535 g/mol. The molecule has 0 aliphatic heterocycles. The van der Waals surface area contributed by atoms with Crippen molar-refractivity contribution in [2.75, 3.05) is 0 Å². The van der Waals surface area contributed by atoms with Gasteiger partial charge in [-0.3, -0.25) is 4.79 Å². The lowest BCUT2D eigenvalue weighted by Crippen LogP contribution is -2.18. The van der Waals surface area contributed by atoms with Gasteiger partial charge in [-0.15, -0.1) is 0 Å². The predicted molar refractivity (Wildman–Crippen MR) is 170 cm³/mol. The average Bonchev–Trinajstić information content (AvgIpc) is 2.91. The van der Waals surface area contributed by atoms with E-state index in [1.807, 2.05) is 0 Å². The fraction of sp³-hybridized carbons (Fsp3) is 0.917. The molecule has 0 radical (unpaired) electrons. The molecule has 0 aromatic carbocycles. The highest BCUT2D eigenvalue weighted by atomic mass is 16.4. The molecule has 226 valence electrons. The van der Waals surface area contributed by atoms with E-state index < -0.39 is 5.97 Å². The third-order valence-corrected chi connectivity index (χ3v) is 8.46. The predicted octanol–water partition coefficient (Wildman–Crippen LogP) is 12.8. The molecule has 0 aromatic heterocycles. The van der Waals surface area contributed by atoms with Crippen LogP contribution in [0.3, 0.4) is 0 Å². The molecule has 0 amide bonds. The Hall–Kier alpha value is -0.790. The number of allylic oxidation sites excluding steroid dienone is 2. The van der Waals surface area contributed by atoms with Crippen LogP contribution in [0.2, 0.25) is 0 Å². The number of aliphatic carboxylic acids is 1. The van der Waals surface area contributed by atoms with Crippen LogP contribution in [0.5, 0.6) is 0 Å². The first kappa shape index (κ1) is 37.2. The number of hydrogen-bond acceptors (Lipinski definition) is 1. The van der Waals surface area contributed by atoms with Crippen molar-refractivity contribution in [3.05, 3.63) is 12.2 Å². The Morgan fingerprint density at radius 1 is 0.500 bits per heavy atom. The lowest BCUT2D eigenvalue weighted by molar-refractivity contribution is -0.142. The number of rotatable bonds is 31. The molecular weight excluding hydrogens is 464 g/mol. The second-order valence-corrected chi connectivity index (χ2v) is 12.3. The van der Waals surface area contributed by atoms with E-state index in [-0.39, 0.29) is 5.92 Å². The van der Waals surface area contributed by atoms with E-state index in [0.29, 0.717) is 5.92 Å². The van der Waals surface area contributed by atoms with E-state index >= 15 is 0 Å². The van der Waals surface area contributed by atoms with Crippen molar-refractivity contribution in [2.45, 2.75) is 201 Å². The van der Waals surface area contributed by atoms with Gasteiger partial charge in [0.15, 0.2) is 0 Å². The Bertz CT molecular complexity index is 498. The quantitative estimate of drug-likeness (QED) is 0.0709. The van der Waals surface area contributed by atoms with Gasteiger partial charge in [0.25, 0.3) is 0 Å². The van der Waals surface area contributed by atoms with Gasteiger partial charge in [-0.25, -0.2) is 0 Å². The smallest absolute Gasteiger partial charge is 0.306 e. The number of carboxylic acid groups (broad SMARTS) is 1. The van der Waals surface area contributed by atoms with Crippen LogP contribution in [0, 0.1) is 11.8 Å². The molecule has 0 spiro atoms. The first-order valence-corrected chi connectivity index (χ1v) is 17.5.